The molecule has 0 radical (unpaired) electrons. The zero-order valence-electron chi connectivity index (χ0n) is 17.9. The van der Waals surface area contributed by atoms with E-state index < -0.39 is 5.97 Å². The highest BCUT2D eigenvalue weighted by Gasteiger charge is 2.23. The Morgan fingerprint density at radius 2 is 1.78 bits per heavy atom. The summed E-state index contributed by atoms with van der Waals surface area (Å²) >= 11 is 1.32. The van der Waals surface area contributed by atoms with Gasteiger partial charge in [-0.3, -0.25) is 9.69 Å². The van der Waals surface area contributed by atoms with Gasteiger partial charge in [-0.05, 0) is 24.6 Å². The van der Waals surface area contributed by atoms with Crippen LogP contribution in [0.3, 0.4) is 0 Å². The minimum absolute atomic E-state index is 0.155. The third-order valence-electron chi connectivity index (χ3n) is 5.10. The van der Waals surface area contributed by atoms with Crippen molar-refractivity contribution >= 4 is 34.8 Å². The third kappa shape index (κ3) is 5.30. The number of hydrogen-bond donors (Lipinski definition) is 1. The molecule has 1 aromatic carbocycles. The molecule has 0 saturated carbocycles. The summed E-state index contributed by atoms with van der Waals surface area (Å²) in [6.07, 6.45) is 3.46. The van der Waals surface area contributed by atoms with Gasteiger partial charge in [0.15, 0.2) is 0 Å². The van der Waals surface area contributed by atoms with Crippen LogP contribution in [0.2, 0.25) is 0 Å². The number of piperazine rings is 1. The first-order valence-electron chi connectivity index (χ1n) is 10.5. The van der Waals surface area contributed by atoms with Crippen molar-refractivity contribution in [3.05, 3.63) is 59.7 Å². The number of thiophene rings is 1. The van der Waals surface area contributed by atoms with Crippen LogP contribution >= 0.6 is 11.3 Å². The van der Waals surface area contributed by atoms with Gasteiger partial charge in [-0.15, -0.1) is 11.3 Å². The lowest BCUT2D eigenvalue weighted by molar-refractivity contribution is -0.117. The predicted octanol–water partition coefficient (Wildman–Crippen LogP) is 3.14. The highest BCUT2D eigenvalue weighted by atomic mass is 32.1. The van der Waals surface area contributed by atoms with Crippen molar-refractivity contribution in [3.8, 4) is 10.4 Å². The van der Waals surface area contributed by atoms with Crippen LogP contribution < -0.4 is 10.2 Å². The zero-order chi connectivity index (χ0) is 22.3. The highest BCUT2D eigenvalue weighted by molar-refractivity contribution is 7.18. The van der Waals surface area contributed by atoms with Gasteiger partial charge >= 0.3 is 5.97 Å². The number of benzene rings is 1. The normalized spacial score (nSPS) is 14.2. The molecule has 9 heteroatoms. The molecule has 0 atom stereocenters. The van der Waals surface area contributed by atoms with Gasteiger partial charge in [0.25, 0.3) is 0 Å². The molecular weight excluding hydrogens is 426 g/mol. The maximum Gasteiger partial charge on any atom is 0.350 e. The summed E-state index contributed by atoms with van der Waals surface area (Å²) in [5.41, 5.74) is 1.48. The van der Waals surface area contributed by atoms with Crippen LogP contribution in [-0.4, -0.2) is 66.1 Å². The van der Waals surface area contributed by atoms with Crippen LogP contribution in [0.15, 0.2) is 54.9 Å². The van der Waals surface area contributed by atoms with Gasteiger partial charge < -0.3 is 15.0 Å². The maximum atomic E-state index is 12.8. The van der Waals surface area contributed by atoms with E-state index in [-0.39, 0.29) is 19.1 Å². The van der Waals surface area contributed by atoms with Gasteiger partial charge in [-0.25, -0.2) is 14.8 Å². The van der Waals surface area contributed by atoms with Gasteiger partial charge in [-0.1, -0.05) is 30.3 Å². The fourth-order valence-electron chi connectivity index (χ4n) is 3.53. The summed E-state index contributed by atoms with van der Waals surface area (Å²) in [6.45, 7) is 5.26. The summed E-state index contributed by atoms with van der Waals surface area (Å²) in [7, 11) is 0. The van der Waals surface area contributed by atoms with Crippen LogP contribution in [0, 0.1) is 0 Å². The number of amides is 1. The number of nitrogens with zero attached hydrogens (tertiary/aromatic N) is 4. The molecule has 0 bridgehead atoms. The largest absolute Gasteiger partial charge is 0.462 e. The van der Waals surface area contributed by atoms with Crippen molar-refractivity contribution in [3.63, 3.8) is 0 Å². The molecule has 0 spiro atoms. The number of ether oxygens (including phenoxy) is 1. The number of hydrogen-bond acceptors (Lipinski definition) is 8. The first-order chi connectivity index (χ1) is 15.6. The standard InChI is InChI=1S/C23H25N5O3S/c1-2-31-22(30)21-18(15-19(32-21)17-7-4-3-5-8-17)26-20(29)16-27-11-13-28(14-12-27)23-24-9-6-10-25-23/h3-10,15H,2,11-14,16H2,1H3,(H,26,29). The molecule has 3 aromatic rings. The molecule has 8 nitrogen and oxygen atoms in total. The van der Waals surface area contributed by atoms with E-state index in [1.807, 2.05) is 36.4 Å². The van der Waals surface area contributed by atoms with Crippen molar-refractivity contribution in [1.29, 1.82) is 0 Å². The lowest BCUT2D eigenvalue weighted by atomic mass is 10.2. The SMILES string of the molecule is CCOC(=O)c1sc(-c2ccccc2)cc1NC(=O)CN1CCN(c2ncccn2)CC1. The van der Waals surface area contributed by atoms with Gasteiger partial charge in [0, 0.05) is 43.4 Å². The van der Waals surface area contributed by atoms with E-state index >= 15 is 0 Å². The molecule has 2 aromatic heterocycles. The average Bonchev–Trinajstić information content (AvgIpc) is 3.24. The third-order valence-corrected chi connectivity index (χ3v) is 6.26. The second-order valence-corrected chi connectivity index (χ2v) is 8.35. The second kappa shape index (κ2) is 10.3. The number of aromatic nitrogens is 2. The van der Waals surface area contributed by atoms with Gasteiger partial charge in [0.2, 0.25) is 11.9 Å². The molecule has 166 valence electrons. The molecule has 32 heavy (non-hydrogen) atoms. The van der Waals surface area contributed by atoms with Gasteiger partial charge in [0.1, 0.15) is 4.88 Å². The quantitative estimate of drug-likeness (QED) is 0.552. The van der Waals surface area contributed by atoms with E-state index in [9.17, 15) is 9.59 Å². The summed E-state index contributed by atoms with van der Waals surface area (Å²) < 4.78 is 5.20. The van der Waals surface area contributed by atoms with Crippen molar-refractivity contribution < 1.29 is 14.3 Å². The minimum Gasteiger partial charge on any atom is -0.462 e. The van der Waals surface area contributed by atoms with Crippen LogP contribution in [0.4, 0.5) is 11.6 Å². The van der Waals surface area contributed by atoms with Crippen molar-refractivity contribution in [1.82, 2.24) is 14.9 Å². The van der Waals surface area contributed by atoms with Gasteiger partial charge in [-0.2, -0.15) is 0 Å². The van der Waals surface area contributed by atoms with E-state index in [0.717, 1.165) is 36.6 Å². The van der Waals surface area contributed by atoms with E-state index in [1.165, 1.54) is 11.3 Å². The summed E-state index contributed by atoms with van der Waals surface area (Å²) in [5, 5.41) is 2.92. The van der Waals surface area contributed by atoms with Crippen molar-refractivity contribution in [2.24, 2.45) is 0 Å². The average molecular weight is 452 g/mol. The fraction of sp³-hybridized carbons (Fsp3) is 0.304. The molecule has 1 amide bonds. The Labute approximate surface area is 190 Å². The number of carbonyl (C=O) groups excluding carboxylic acids is 2. The smallest absolute Gasteiger partial charge is 0.350 e. The second-order valence-electron chi connectivity index (χ2n) is 7.30. The number of anilines is 2. The van der Waals surface area contributed by atoms with Crippen molar-refractivity contribution in [2.75, 3.05) is 49.5 Å². The first kappa shape index (κ1) is 21.9. The van der Waals surface area contributed by atoms with Crippen LogP contribution in [0.5, 0.6) is 0 Å². The van der Waals surface area contributed by atoms with Crippen LogP contribution in [-0.2, 0) is 9.53 Å². The lowest BCUT2D eigenvalue weighted by Crippen LogP contribution is -2.49. The van der Waals surface area contributed by atoms with E-state index in [2.05, 4.69) is 25.1 Å². The molecule has 1 N–H and O–H groups in total. The Balaban J connectivity index is 1.40. The van der Waals surface area contributed by atoms with Crippen LogP contribution in [0.25, 0.3) is 10.4 Å². The van der Waals surface area contributed by atoms with E-state index in [0.29, 0.717) is 16.5 Å². The lowest BCUT2D eigenvalue weighted by Gasteiger charge is -2.34. The number of carbonyl (C=O) groups is 2. The van der Waals surface area contributed by atoms with Crippen molar-refractivity contribution in [2.45, 2.75) is 6.92 Å². The molecule has 1 saturated heterocycles. The molecule has 0 unspecified atom stereocenters. The molecule has 1 aliphatic rings. The maximum absolute atomic E-state index is 12.8. The Kier molecular flexibility index (Phi) is 7.08. The summed E-state index contributed by atoms with van der Waals surface area (Å²) in [4.78, 5) is 39.3. The predicted molar refractivity (Wildman–Crippen MR) is 125 cm³/mol. The summed E-state index contributed by atoms with van der Waals surface area (Å²) in [5.74, 6) is 0.131. The fourth-order valence-corrected chi connectivity index (χ4v) is 4.54. The molecule has 1 aliphatic heterocycles. The zero-order valence-corrected chi connectivity index (χ0v) is 18.7. The van der Waals surface area contributed by atoms with E-state index in [4.69, 9.17) is 4.74 Å². The molecule has 0 aliphatic carbocycles. The Bertz CT molecular complexity index is 1050. The Morgan fingerprint density at radius 1 is 1.06 bits per heavy atom. The number of nitrogens with one attached hydrogen (secondary N) is 1. The molecule has 3 heterocycles. The Morgan fingerprint density at radius 3 is 2.47 bits per heavy atom. The number of esters is 1. The van der Waals surface area contributed by atoms with E-state index in [1.54, 1.807) is 25.4 Å². The molecular formula is C23H25N5O3S. The highest BCUT2D eigenvalue weighted by Crippen LogP contribution is 2.35. The Hall–Kier alpha value is -3.30. The minimum atomic E-state index is -0.425. The van der Waals surface area contributed by atoms with Crippen LogP contribution in [0.1, 0.15) is 16.6 Å². The molecule has 4 rings (SSSR count). The monoisotopic (exact) mass is 451 g/mol. The number of rotatable bonds is 7. The van der Waals surface area contributed by atoms with Gasteiger partial charge in [0.05, 0.1) is 18.8 Å². The topological polar surface area (TPSA) is 87.7 Å². The molecule has 1 fully saturated rings. The first-order valence-corrected chi connectivity index (χ1v) is 11.4. The summed E-state index contributed by atoms with van der Waals surface area (Å²) in [6, 6.07) is 13.4.